The normalized spacial score (nSPS) is 13.9. The summed E-state index contributed by atoms with van der Waals surface area (Å²) in [5.74, 6) is 0.720. The molecule has 0 aliphatic heterocycles. The molecular weight excluding hydrogens is 745 g/mol. The third-order valence-electron chi connectivity index (χ3n) is 9.94. The van der Waals surface area contributed by atoms with Gasteiger partial charge in [-0.25, -0.2) is 18.0 Å². The highest BCUT2D eigenvalue weighted by Gasteiger charge is 2.37. The largest absolute Gasteiger partial charge is 0.558 e. The number of para-hydroxylation sites is 1. The zero-order chi connectivity index (χ0) is 41.7. The number of hydrogen-bond acceptors (Lipinski definition) is 7. The summed E-state index contributed by atoms with van der Waals surface area (Å²) in [4.78, 5) is 28.0. The molecule has 0 aliphatic carbocycles. The first kappa shape index (κ1) is 46.3. The Morgan fingerprint density at radius 2 is 1.43 bits per heavy atom. The average Bonchev–Trinajstić information content (AvgIpc) is 3.10. The lowest BCUT2D eigenvalue weighted by Gasteiger charge is -2.53. The van der Waals surface area contributed by atoms with Crippen molar-refractivity contribution in [3.63, 3.8) is 0 Å². The van der Waals surface area contributed by atoms with Crippen molar-refractivity contribution in [1.29, 1.82) is 0 Å². The SMILES string of the molecule is CCCCCCNC(=O)Nc1ccc(S(=O)(=O)Nc2ccc(C[C@H](C)N(C(=O)OC(C)(C)C)[C@H](C)[C@@H](COc3ccccc3)O[Si-](C)(C)C(C)(C)C)cc2)cc1. The minimum atomic E-state index is -3.90. The first-order valence-electron chi connectivity index (χ1n) is 19.8. The Kier molecular flexibility index (Phi) is 16.9. The number of nitrogens with zero attached hydrogens (tertiary/aromatic N) is 1. The van der Waals surface area contributed by atoms with E-state index in [2.05, 4.69) is 56.1 Å². The highest BCUT2D eigenvalue weighted by molar-refractivity contribution is 7.92. The number of benzene rings is 3. The molecule has 0 aromatic heterocycles. The Hall–Kier alpha value is -4.07. The van der Waals surface area contributed by atoms with Gasteiger partial charge in [0.05, 0.1) is 17.0 Å². The highest BCUT2D eigenvalue weighted by atomic mass is 32.2. The van der Waals surface area contributed by atoms with Gasteiger partial charge in [-0.1, -0.05) is 77.3 Å². The molecule has 0 heterocycles. The molecule has 0 bridgehead atoms. The van der Waals surface area contributed by atoms with Gasteiger partial charge in [-0.15, -0.1) is 18.1 Å². The first-order valence-corrected chi connectivity index (χ1v) is 24.1. The van der Waals surface area contributed by atoms with Crippen LogP contribution in [-0.2, 0) is 25.6 Å². The molecule has 11 nitrogen and oxygen atoms in total. The van der Waals surface area contributed by atoms with Gasteiger partial charge in [0.15, 0.2) is 0 Å². The molecule has 3 amide bonds. The van der Waals surface area contributed by atoms with Crippen LogP contribution in [0.25, 0.3) is 0 Å². The maximum absolute atomic E-state index is 14.0. The zero-order valence-corrected chi connectivity index (χ0v) is 37.2. The topological polar surface area (TPSA) is 135 Å². The van der Waals surface area contributed by atoms with E-state index in [0.717, 1.165) is 37.0 Å². The van der Waals surface area contributed by atoms with E-state index in [0.29, 0.717) is 24.3 Å². The number of sulfonamides is 1. The Morgan fingerprint density at radius 1 is 0.821 bits per heavy atom. The summed E-state index contributed by atoms with van der Waals surface area (Å²) in [7, 11) is -6.21. The van der Waals surface area contributed by atoms with E-state index in [9.17, 15) is 18.0 Å². The van der Waals surface area contributed by atoms with Gasteiger partial charge < -0.3 is 24.5 Å². The van der Waals surface area contributed by atoms with Crippen molar-refractivity contribution in [3.8, 4) is 5.75 Å². The lowest BCUT2D eigenvalue weighted by atomic mass is 10.0. The van der Waals surface area contributed by atoms with E-state index in [1.54, 1.807) is 29.2 Å². The van der Waals surface area contributed by atoms with Crippen LogP contribution in [0.2, 0.25) is 18.1 Å². The lowest BCUT2D eigenvalue weighted by molar-refractivity contribution is -0.0189. The van der Waals surface area contributed by atoms with Gasteiger partial charge >= 0.3 is 12.1 Å². The fraction of sp³-hybridized carbons (Fsp3) is 0.535. The quantitative estimate of drug-likeness (QED) is 0.0810. The van der Waals surface area contributed by atoms with E-state index in [4.69, 9.17) is 13.9 Å². The molecule has 56 heavy (non-hydrogen) atoms. The van der Waals surface area contributed by atoms with Gasteiger partial charge in [0.2, 0.25) is 0 Å². The summed E-state index contributed by atoms with van der Waals surface area (Å²) >= 11 is 0. The number of nitrogens with one attached hydrogen (secondary N) is 3. The molecule has 13 heteroatoms. The minimum absolute atomic E-state index is 0.0634. The number of hydrogen-bond donors (Lipinski definition) is 3. The van der Waals surface area contributed by atoms with Crippen LogP contribution >= 0.6 is 0 Å². The molecule has 0 spiro atoms. The van der Waals surface area contributed by atoms with Crippen LogP contribution in [0, 0.1) is 0 Å². The number of carbonyl (C=O) groups excluding carboxylic acids is 2. The molecule has 311 valence electrons. The van der Waals surface area contributed by atoms with Crippen LogP contribution in [0.4, 0.5) is 21.0 Å². The molecule has 0 unspecified atom stereocenters. The predicted molar refractivity (Wildman–Crippen MR) is 230 cm³/mol. The predicted octanol–water partition coefficient (Wildman–Crippen LogP) is 10.2. The molecule has 0 radical (unpaired) electrons. The maximum atomic E-state index is 14.0. The second kappa shape index (κ2) is 20.4. The molecule has 0 saturated heterocycles. The fourth-order valence-electron chi connectivity index (χ4n) is 5.77. The van der Waals surface area contributed by atoms with Gasteiger partial charge in [-0.3, -0.25) is 9.62 Å². The van der Waals surface area contributed by atoms with E-state index < -0.39 is 42.2 Å². The van der Waals surface area contributed by atoms with Crippen molar-refractivity contribution in [2.75, 3.05) is 23.2 Å². The second-order valence-electron chi connectivity index (χ2n) is 17.0. The van der Waals surface area contributed by atoms with Gasteiger partial charge in [0, 0.05) is 24.0 Å². The maximum Gasteiger partial charge on any atom is 0.410 e. The Bertz CT molecular complexity index is 1780. The summed E-state index contributed by atoms with van der Waals surface area (Å²) in [6.45, 7) is 23.4. The molecular formula is C43H66N4O7SSi-. The number of urea groups is 1. The summed E-state index contributed by atoms with van der Waals surface area (Å²) in [5.41, 5.74) is 1.07. The van der Waals surface area contributed by atoms with E-state index >= 15 is 0 Å². The number of carbonyl (C=O) groups is 2. The van der Waals surface area contributed by atoms with Crippen molar-refractivity contribution in [3.05, 3.63) is 84.4 Å². The van der Waals surface area contributed by atoms with Gasteiger partial charge in [0.1, 0.15) is 18.0 Å². The number of anilines is 2. The van der Waals surface area contributed by atoms with Gasteiger partial charge in [-0.05, 0) is 110 Å². The van der Waals surface area contributed by atoms with Gasteiger partial charge in [0.25, 0.3) is 10.0 Å². The third-order valence-corrected chi connectivity index (χ3v) is 15.8. The summed E-state index contributed by atoms with van der Waals surface area (Å²) in [6, 6.07) is 21.6. The van der Waals surface area contributed by atoms with Crippen molar-refractivity contribution >= 4 is 41.8 Å². The van der Waals surface area contributed by atoms with Crippen LogP contribution in [0.3, 0.4) is 0 Å². The number of rotatable bonds is 19. The van der Waals surface area contributed by atoms with E-state index in [1.165, 1.54) is 12.1 Å². The molecule has 0 aliphatic rings. The molecule has 3 aromatic carbocycles. The Balaban J connectivity index is 1.76. The Morgan fingerprint density at radius 3 is 2.00 bits per heavy atom. The Labute approximate surface area is 337 Å². The van der Waals surface area contributed by atoms with Crippen LogP contribution in [0.15, 0.2) is 83.8 Å². The smallest absolute Gasteiger partial charge is 0.410 e. The zero-order valence-electron chi connectivity index (χ0n) is 35.4. The molecule has 3 rings (SSSR count). The summed E-state index contributed by atoms with van der Waals surface area (Å²) < 4.78 is 48.3. The molecule has 3 aromatic rings. The monoisotopic (exact) mass is 810 g/mol. The van der Waals surface area contributed by atoms with E-state index in [1.807, 2.05) is 77.1 Å². The van der Waals surface area contributed by atoms with Crippen molar-refractivity contribution < 1.29 is 31.9 Å². The highest BCUT2D eigenvalue weighted by Crippen LogP contribution is 2.38. The third kappa shape index (κ3) is 14.8. The van der Waals surface area contributed by atoms with Crippen LogP contribution < -0.4 is 20.1 Å². The minimum Gasteiger partial charge on any atom is -0.558 e. The van der Waals surface area contributed by atoms with Crippen LogP contribution in [0.1, 0.15) is 93.6 Å². The molecule has 3 atom stereocenters. The fourth-order valence-corrected chi connectivity index (χ4v) is 8.21. The second-order valence-corrected chi connectivity index (χ2v) is 23.4. The van der Waals surface area contributed by atoms with Crippen LogP contribution in [0.5, 0.6) is 5.75 Å². The molecule has 3 N–H and O–H groups in total. The van der Waals surface area contributed by atoms with Crippen molar-refractivity contribution in [2.45, 2.75) is 141 Å². The van der Waals surface area contributed by atoms with Crippen LogP contribution in [-0.4, -0.2) is 70.7 Å². The number of amides is 3. The summed E-state index contributed by atoms with van der Waals surface area (Å²) in [5, 5.41) is 5.49. The standard InChI is InChI=1S/C43H66N4O7SSi/c1-12-13-14-18-29-44-40(48)45-35-25-27-38(28-26-35)55(50,51)46-36-23-21-34(22-24-36)30-32(2)47(41(49)53-42(4,5)6)33(3)39(54-56(10,11)43(7,8)9)31-52-37-19-16-15-17-20-37/h15-17,19-28,32-33,39,46H,12-14,18,29-31H2,1-11H3,(H2,44,45,48)/q-1/t32-,33+,39+/m0/s1. The number of unbranched alkanes of at least 4 members (excludes halogenated alkanes) is 3. The average molecular weight is 811 g/mol. The molecule has 0 fully saturated rings. The lowest BCUT2D eigenvalue weighted by Crippen LogP contribution is -2.57. The summed E-state index contributed by atoms with van der Waals surface area (Å²) in [6.07, 6.45) is 3.80. The first-order chi connectivity index (χ1) is 26.1. The van der Waals surface area contributed by atoms with Gasteiger partial charge in [-0.2, -0.15) is 0 Å². The van der Waals surface area contributed by atoms with E-state index in [-0.39, 0.29) is 28.6 Å². The van der Waals surface area contributed by atoms with Crippen molar-refractivity contribution in [1.82, 2.24) is 10.2 Å². The molecule has 0 saturated carbocycles. The van der Waals surface area contributed by atoms with Crippen molar-refractivity contribution in [2.24, 2.45) is 0 Å². The number of ether oxygens (including phenoxy) is 2.